The molecule has 1 aliphatic heterocycles. The van der Waals surface area contributed by atoms with Crippen LogP contribution < -0.4 is 15.4 Å². The molecule has 10 nitrogen and oxygen atoms in total. The van der Waals surface area contributed by atoms with Gasteiger partial charge in [0.1, 0.15) is 23.2 Å². The lowest BCUT2D eigenvalue weighted by Gasteiger charge is -2.36. The van der Waals surface area contributed by atoms with E-state index in [1.807, 2.05) is 54.6 Å². The van der Waals surface area contributed by atoms with Crippen molar-refractivity contribution in [2.75, 3.05) is 19.0 Å². The Bertz CT molecular complexity index is 1980. The molecule has 6 rings (SSSR count). The number of sulfonamides is 1. The first-order valence-electron chi connectivity index (χ1n) is 17.3. The highest BCUT2D eigenvalue weighted by Crippen LogP contribution is 2.47. The third-order valence-corrected chi connectivity index (χ3v) is 12.2. The molecule has 276 valence electrons. The third-order valence-electron chi connectivity index (χ3n) is 10.4. The van der Waals surface area contributed by atoms with Gasteiger partial charge in [0.25, 0.3) is 5.91 Å². The Morgan fingerprint density at radius 1 is 0.962 bits per heavy atom. The van der Waals surface area contributed by atoms with Crippen LogP contribution in [0.4, 0.5) is 14.5 Å². The van der Waals surface area contributed by atoms with Crippen LogP contribution in [0.2, 0.25) is 0 Å². The van der Waals surface area contributed by atoms with E-state index in [1.54, 1.807) is 20.8 Å². The quantitative estimate of drug-likeness (QED) is 0.216. The molecule has 3 unspecified atom stereocenters. The Morgan fingerprint density at radius 3 is 2.17 bits per heavy atom. The zero-order valence-electron chi connectivity index (χ0n) is 29.6. The van der Waals surface area contributed by atoms with Crippen molar-refractivity contribution >= 4 is 33.4 Å². The number of carbonyl (C=O) groups is 3. The number of anilines is 1. The predicted octanol–water partition coefficient (Wildman–Crippen LogP) is 5.27. The highest BCUT2D eigenvalue weighted by Gasteiger charge is 2.62. The molecule has 13 heteroatoms. The second-order valence-corrected chi connectivity index (χ2v) is 17.0. The molecule has 3 aromatic carbocycles. The molecule has 3 amide bonds. The standard InChI is InChI=1S/C39H44F2N4O6S/c1-6-26-21-39(26,36(48)44-52(49,50)29-17-18-29)43-34(46)32-22-38(51-5,27-14-12-25(13-15-27)24-10-8-7-9-11-24)23-45(32)35(47)33(37(2,3)4)42-28-16-19-30(40)31(41)20-28/h6-16,19-20,26,29,32-33,42H,1,17-18,21-23H2,2-5H3,(H,43,46)(H,44,48)/t26?,32-,33-,38?,39?/m0/s1. The monoisotopic (exact) mass is 734 g/mol. The summed E-state index contributed by atoms with van der Waals surface area (Å²) in [6.45, 7) is 9.13. The van der Waals surface area contributed by atoms with E-state index in [2.05, 4.69) is 21.9 Å². The van der Waals surface area contributed by atoms with Crippen molar-refractivity contribution in [2.24, 2.45) is 11.3 Å². The van der Waals surface area contributed by atoms with Crippen LogP contribution in [0.3, 0.4) is 0 Å². The highest BCUT2D eigenvalue weighted by atomic mass is 32.2. The fraction of sp³-hybridized carbons (Fsp3) is 0.410. The molecule has 0 radical (unpaired) electrons. The van der Waals surface area contributed by atoms with Crippen molar-refractivity contribution in [2.45, 2.75) is 74.9 Å². The van der Waals surface area contributed by atoms with Crippen LogP contribution in [0.5, 0.6) is 0 Å². The number of methoxy groups -OCH3 is 1. The largest absolute Gasteiger partial charge is 0.373 e. The number of likely N-dealkylation sites (tertiary alicyclic amines) is 1. The predicted molar refractivity (Wildman–Crippen MR) is 193 cm³/mol. The molecule has 1 heterocycles. The number of amides is 3. The molecule has 3 aliphatic rings. The van der Waals surface area contributed by atoms with E-state index < -0.39 is 79.2 Å². The molecule has 0 bridgehead atoms. The molecule has 52 heavy (non-hydrogen) atoms. The topological polar surface area (TPSA) is 134 Å². The van der Waals surface area contributed by atoms with Gasteiger partial charge in [-0.3, -0.25) is 19.1 Å². The minimum atomic E-state index is -3.91. The first-order chi connectivity index (χ1) is 24.5. The lowest BCUT2D eigenvalue weighted by Crippen LogP contribution is -2.58. The molecule has 5 atom stereocenters. The van der Waals surface area contributed by atoms with Gasteiger partial charge < -0.3 is 20.3 Å². The second kappa shape index (κ2) is 13.7. The summed E-state index contributed by atoms with van der Waals surface area (Å²) in [6.07, 6.45) is 2.53. The minimum absolute atomic E-state index is 0.00459. The molecule has 3 fully saturated rings. The zero-order valence-corrected chi connectivity index (χ0v) is 30.4. The third kappa shape index (κ3) is 7.20. The molecule has 2 aliphatic carbocycles. The summed E-state index contributed by atoms with van der Waals surface area (Å²) in [5.41, 5.74) is -0.685. The minimum Gasteiger partial charge on any atom is -0.373 e. The lowest BCUT2D eigenvalue weighted by molar-refractivity contribution is -0.142. The molecule has 3 N–H and O–H groups in total. The SMILES string of the molecule is C=CC1CC1(NC(=O)[C@@H]1CC(OC)(c2ccc(-c3ccccc3)cc2)CN1C(=O)[C@H](Nc1ccc(F)c(F)c1)C(C)(C)C)C(=O)NS(=O)(=O)C1CC1. The smallest absolute Gasteiger partial charge is 0.259 e. The van der Waals surface area contributed by atoms with Gasteiger partial charge in [0.15, 0.2) is 11.6 Å². The highest BCUT2D eigenvalue weighted by molar-refractivity contribution is 7.91. The second-order valence-electron chi connectivity index (χ2n) is 15.1. The van der Waals surface area contributed by atoms with E-state index in [0.717, 1.165) is 23.3 Å². The van der Waals surface area contributed by atoms with E-state index in [1.165, 1.54) is 24.2 Å². The van der Waals surface area contributed by atoms with Crippen LogP contribution in [0.1, 0.15) is 52.0 Å². The van der Waals surface area contributed by atoms with Crippen molar-refractivity contribution in [1.82, 2.24) is 14.9 Å². The Morgan fingerprint density at radius 2 is 1.62 bits per heavy atom. The summed E-state index contributed by atoms with van der Waals surface area (Å²) >= 11 is 0. The summed E-state index contributed by atoms with van der Waals surface area (Å²) in [4.78, 5) is 44.1. The first kappa shape index (κ1) is 37.1. The maximum Gasteiger partial charge on any atom is 0.259 e. The number of rotatable bonds is 12. The molecule has 3 aromatic rings. The van der Waals surface area contributed by atoms with E-state index in [9.17, 15) is 31.6 Å². The molecular formula is C39H44F2N4O6S. The summed E-state index contributed by atoms with van der Waals surface area (Å²) in [5, 5.41) is 5.22. The van der Waals surface area contributed by atoms with E-state index in [-0.39, 0.29) is 25.1 Å². The summed E-state index contributed by atoms with van der Waals surface area (Å²) < 4.78 is 61.8. The lowest BCUT2D eigenvalue weighted by atomic mass is 9.85. The van der Waals surface area contributed by atoms with Gasteiger partial charge in [-0.1, -0.05) is 81.4 Å². The summed E-state index contributed by atoms with van der Waals surface area (Å²) in [5.74, 6) is -4.69. The van der Waals surface area contributed by atoms with Gasteiger partial charge in [-0.25, -0.2) is 17.2 Å². The fourth-order valence-corrected chi connectivity index (χ4v) is 8.36. The molecular weight excluding hydrogens is 691 g/mol. The normalized spacial score (nSPS) is 24.8. The number of nitrogens with one attached hydrogen (secondary N) is 3. The number of hydrogen-bond acceptors (Lipinski definition) is 7. The fourth-order valence-electron chi connectivity index (χ4n) is 7.00. The molecule has 2 saturated carbocycles. The molecule has 0 spiro atoms. The van der Waals surface area contributed by atoms with Gasteiger partial charge in [0.2, 0.25) is 21.8 Å². The van der Waals surface area contributed by atoms with Crippen LogP contribution >= 0.6 is 0 Å². The van der Waals surface area contributed by atoms with Gasteiger partial charge in [0, 0.05) is 31.2 Å². The Kier molecular flexibility index (Phi) is 9.81. The van der Waals surface area contributed by atoms with E-state index >= 15 is 0 Å². The molecule has 1 saturated heterocycles. The van der Waals surface area contributed by atoms with Crippen LogP contribution in [-0.4, -0.2) is 67.6 Å². The first-order valence-corrected chi connectivity index (χ1v) is 18.8. The molecule has 0 aromatic heterocycles. The Labute approximate surface area is 303 Å². The number of halogens is 2. The number of ether oxygens (including phenoxy) is 1. The van der Waals surface area contributed by atoms with Gasteiger partial charge in [0.05, 0.1) is 11.8 Å². The maximum atomic E-state index is 14.7. The number of hydrogen-bond donors (Lipinski definition) is 3. The summed E-state index contributed by atoms with van der Waals surface area (Å²) in [6, 6.07) is 18.5. The van der Waals surface area contributed by atoms with Crippen LogP contribution in [0, 0.1) is 23.0 Å². The van der Waals surface area contributed by atoms with Gasteiger partial charge in [-0.2, -0.15) is 0 Å². The van der Waals surface area contributed by atoms with E-state index in [0.29, 0.717) is 18.4 Å². The van der Waals surface area contributed by atoms with Crippen molar-refractivity contribution in [1.29, 1.82) is 0 Å². The van der Waals surface area contributed by atoms with Crippen molar-refractivity contribution in [3.63, 3.8) is 0 Å². The summed E-state index contributed by atoms with van der Waals surface area (Å²) in [7, 11) is -2.41. The van der Waals surface area contributed by atoms with Crippen molar-refractivity contribution in [3.8, 4) is 11.1 Å². The Balaban J connectivity index is 1.35. The maximum absolute atomic E-state index is 14.7. The van der Waals surface area contributed by atoms with Crippen molar-refractivity contribution < 1.29 is 36.3 Å². The number of benzene rings is 3. The van der Waals surface area contributed by atoms with Gasteiger partial charge in [-0.15, -0.1) is 6.58 Å². The number of carbonyl (C=O) groups excluding carboxylic acids is 3. The zero-order chi connectivity index (χ0) is 37.6. The van der Waals surface area contributed by atoms with Gasteiger partial charge in [-0.05, 0) is 53.5 Å². The average Bonchev–Trinajstić information content (AvgIpc) is 4.05. The van der Waals surface area contributed by atoms with Crippen molar-refractivity contribution in [3.05, 3.63) is 103 Å². The van der Waals surface area contributed by atoms with Crippen LogP contribution in [-0.2, 0) is 34.7 Å². The number of nitrogens with zero attached hydrogens (tertiary/aromatic N) is 1. The van der Waals surface area contributed by atoms with Crippen LogP contribution in [0.25, 0.3) is 11.1 Å². The Hall–Kier alpha value is -4.62. The average molecular weight is 735 g/mol. The van der Waals surface area contributed by atoms with Gasteiger partial charge >= 0.3 is 0 Å². The van der Waals surface area contributed by atoms with Crippen LogP contribution in [0.15, 0.2) is 85.5 Å². The van der Waals surface area contributed by atoms with E-state index in [4.69, 9.17) is 4.74 Å².